The summed E-state index contributed by atoms with van der Waals surface area (Å²) in [5, 5.41) is 21.3. The third-order valence-electron chi connectivity index (χ3n) is 3.67. The van der Waals surface area contributed by atoms with E-state index in [1.165, 1.54) is 4.90 Å². The van der Waals surface area contributed by atoms with Crippen LogP contribution in [0.3, 0.4) is 0 Å². The number of rotatable bonds is 8. The van der Waals surface area contributed by atoms with E-state index in [0.29, 0.717) is 25.7 Å². The van der Waals surface area contributed by atoms with Crippen molar-refractivity contribution in [3.05, 3.63) is 31.5 Å². The summed E-state index contributed by atoms with van der Waals surface area (Å²) in [6.45, 7) is 0.390. The summed E-state index contributed by atoms with van der Waals surface area (Å²) in [6, 6.07) is 3.37. The second-order valence-electron chi connectivity index (χ2n) is 5.76. The number of aliphatic carboxylic acids is 1. The van der Waals surface area contributed by atoms with Gasteiger partial charge in [0.05, 0.1) is 9.38 Å². The summed E-state index contributed by atoms with van der Waals surface area (Å²) in [5.74, 6) is -1.52. The van der Waals surface area contributed by atoms with Crippen LogP contribution in [0.15, 0.2) is 26.0 Å². The lowest BCUT2D eigenvalue weighted by Crippen LogP contribution is -2.33. The van der Waals surface area contributed by atoms with Gasteiger partial charge in [-0.3, -0.25) is 19.3 Å². The summed E-state index contributed by atoms with van der Waals surface area (Å²) in [6.07, 6.45) is 1.94. The van der Waals surface area contributed by atoms with E-state index >= 15 is 0 Å². The molecule has 0 unspecified atom stereocenters. The Morgan fingerprint density at radius 2 is 2.00 bits per heavy atom. The molecule has 0 aromatic heterocycles. The molecule has 1 aromatic rings. The number of benzene rings is 1. The highest BCUT2D eigenvalue weighted by Gasteiger charge is 2.32. The second kappa shape index (κ2) is 10.4. The molecule has 7 nitrogen and oxygen atoms in total. The van der Waals surface area contributed by atoms with Gasteiger partial charge in [0.25, 0.3) is 5.91 Å². The lowest BCUT2D eigenvalue weighted by molar-refractivity contribution is -0.137. The van der Waals surface area contributed by atoms with E-state index in [9.17, 15) is 19.5 Å². The molecule has 1 aliphatic rings. The highest BCUT2D eigenvalue weighted by Crippen LogP contribution is 2.37. The van der Waals surface area contributed by atoms with Crippen molar-refractivity contribution in [3.63, 3.8) is 0 Å². The van der Waals surface area contributed by atoms with E-state index in [0.717, 1.165) is 16.2 Å². The molecule has 2 amide bonds. The minimum Gasteiger partial charge on any atom is -0.506 e. The van der Waals surface area contributed by atoms with Gasteiger partial charge in [-0.05, 0) is 40.6 Å². The summed E-state index contributed by atoms with van der Waals surface area (Å²) in [7, 11) is 0. The third kappa shape index (κ3) is 6.29. The van der Waals surface area contributed by atoms with Gasteiger partial charge in [-0.2, -0.15) is 0 Å². The quantitative estimate of drug-likeness (QED) is 0.258. The molecule has 3 N–H and O–H groups in total. The predicted octanol–water partition coefficient (Wildman–Crippen LogP) is 3.49. The van der Waals surface area contributed by atoms with E-state index in [2.05, 4.69) is 37.2 Å². The summed E-state index contributed by atoms with van der Waals surface area (Å²) < 4.78 is 1.56. The lowest BCUT2D eigenvalue weighted by atomic mass is 10.2. The number of hydrogen-bond acceptors (Lipinski definition) is 6. The SMILES string of the molecule is O=C(O)CCCNC(=O)CCN1C(=O)/C(=C/c2cc(Br)cc(Br)c2O)SC1=S. The summed E-state index contributed by atoms with van der Waals surface area (Å²) >= 11 is 12.9. The molecule has 1 heterocycles. The smallest absolute Gasteiger partial charge is 0.303 e. The minimum absolute atomic E-state index is 0.00853. The maximum atomic E-state index is 12.6. The molecule has 0 atom stereocenters. The van der Waals surface area contributed by atoms with Crippen molar-refractivity contribution in [2.24, 2.45) is 0 Å². The van der Waals surface area contributed by atoms with Gasteiger partial charge < -0.3 is 15.5 Å². The molecule has 1 saturated heterocycles. The van der Waals surface area contributed by atoms with Crippen molar-refractivity contribution < 1.29 is 24.6 Å². The van der Waals surface area contributed by atoms with Gasteiger partial charge in [0.1, 0.15) is 10.1 Å². The molecule has 28 heavy (non-hydrogen) atoms. The predicted molar refractivity (Wildman–Crippen MR) is 118 cm³/mol. The Morgan fingerprint density at radius 3 is 2.68 bits per heavy atom. The van der Waals surface area contributed by atoms with Crippen LogP contribution in [0.4, 0.5) is 0 Å². The summed E-state index contributed by atoms with van der Waals surface area (Å²) in [5.41, 5.74) is 0.456. The van der Waals surface area contributed by atoms with E-state index in [-0.39, 0.29) is 43.5 Å². The number of carbonyl (C=O) groups excluding carboxylic acids is 2. The van der Waals surface area contributed by atoms with Crippen LogP contribution >= 0.6 is 55.8 Å². The molecular weight excluding hydrogens is 536 g/mol. The zero-order valence-corrected chi connectivity index (χ0v) is 19.2. The number of carboxylic acid groups (broad SMARTS) is 1. The molecule has 0 bridgehead atoms. The largest absolute Gasteiger partial charge is 0.506 e. The van der Waals surface area contributed by atoms with Gasteiger partial charge in [-0.1, -0.05) is 39.9 Å². The van der Waals surface area contributed by atoms with Gasteiger partial charge in [0.2, 0.25) is 5.91 Å². The molecule has 2 rings (SSSR count). The number of thioether (sulfide) groups is 1. The van der Waals surface area contributed by atoms with Gasteiger partial charge in [0.15, 0.2) is 0 Å². The first kappa shape index (κ1) is 22.9. The topological polar surface area (TPSA) is 107 Å². The highest BCUT2D eigenvalue weighted by atomic mass is 79.9. The number of carboxylic acids is 1. The number of carbonyl (C=O) groups is 3. The fraction of sp³-hybridized carbons (Fsp3) is 0.294. The Labute approximate surface area is 187 Å². The van der Waals surface area contributed by atoms with E-state index in [1.54, 1.807) is 18.2 Å². The van der Waals surface area contributed by atoms with Gasteiger partial charge in [0, 0.05) is 36.0 Å². The summed E-state index contributed by atoms with van der Waals surface area (Å²) in [4.78, 5) is 36.6. The first-order chi connectivity index (χ1) is 13.2. The minimum atomic E-state index is -0.915. The first-order valence-electron chi connectivity index (χ1n) is 8.11. The van der Waals surface area contributed by atoms with E-state index < -0.39 is 5.97 Å². The van der Waals surface area contributed by atoms with Crippen molar-refractivity contribution in [3.8, 4) is 5.75 Å². The van der Waals surface area contributed by atoms with Crippen LogP contribution in [0.1, 0.15) is 24.8 Å². The Hall–Kier alpha value is -1.43. The van der Waals surface area contributed by atoms with Gasteiger partial charge in [-0.15, -0.1) is 0 Å². The van der Waals surface area contributed by atoms with Crippen molar-refractivity contribution in [1.29, 1.82) is 0 Å². The first-order valence-corrected chi connectivity index (χ1v) is 10.9. The van der Waals surface area contributed by atoms with Crippen molar-refractivity contribution in [1.82, 2.24) is 10.2 Å². The zero-order chi connectivity index (χ0) is 20.8. The average Bonchev–Trinajstić information content (AvgIpc) is 2.87. The number of phenolic OH excluding ortho intramolecular Hbond substituents is 1. The Bertz CT molecular complexity index is 860. The van der Waals surface area contributed by atoms with Crippen LogP contribution < -0.4 is 5.32 Å². The maximum absolute atomic E-state index is 12.6. The molecule has 0 spiro atoms. The van der Waals surface area contributed by atoms with Crippen molar-refractivity contribution in [2.75, 3.05) is 13.1 Å². The molecular formula is C17H16Br2N2O5S2. The number of amides is 2. The number of thiocarbonyl (C=S) groups is 1. The Morgan fingerprint density at radius 1 is 1.29 bits per heavy atom. The molecule has 11 heteroatoms. The molecule has 0 radical (unpaired) electrons. The van der Waals surface area contributed by atoms with E-state index in [4.69, 9.17) is 17.3 Å². The van der Waals surface area contributed by atoms with Crippen LogP contribution in [-0.2, 0) is 14.4 Å². The molecule has 0 aliphatic carbocycles. The normalized spacial score (nSPS) is 15.4. The fourth-order valence-corrected chi connectivity index (χ4v) is 4.86. The number of phenols is 1. The number of nitrogens with one attached hydrogen (secondary N) is 1. The van der Waals surface area contributed by atoms with Crippen LogP contribution in [0, 0.1) is 0 Å². The number of nitrogens with zero attached hydrogens (tertiary/aromatic N) is 1. The van der Waals surface area contributed by atoms with Crippen molar-refractivity contribution >= 4 is 84.0 Å². The third-order valence-corrected chi connectivity index (χ3v) is 6.11. The molecule has 1 aliphatic heterocycles. The maximum Gasteiger partial charge on any atom is 0.303 e. The Kier molecular flexibility index (Phi) is 8.47. The highest BCUT2D eigenvalue weighted by molar-refractivity contribution is 9.11. The van der Waals surface area contributed by atoms with E-state index in [1.807, 2.05) is 0 Å². The number of hydrogen-bond donors (Lipinski definition) is 3. The number of aromatic hydroxyl groups is 1. The van der Waals surface area contributed by atoms with Crippen LogP contribution in [0.25, 0.3) is 6.08 Å². The van der Waals surface area contributed by atoms with Crippen molar-refractivity contribution in [2.45, 2.75) is 19.3 Å². The van der Waals surface area contributed by atoms with Crippen LogP contribution in [0.5, 0.6) is 5.75 Å². The lowest BCUT2D eigenvalue weighted by Gasteiger charge is -2.14. The number of halogens is 2. The Balaban J connectivity index is 1.96. The monoisotopic (exact) mass is 550 g/mol. The second-order valence-corrected chi connectivity index (χ2v) is 9.20. The van der Waals surface area contributed by atoms with Crippen LogP contribution in [-0.4, -0.2) is 50.3 Å². The van der Waals surface area contributed by atoms with Gasteiger partial charge in [-0.25, -0.2) is 0 Å². The molecule has 150 valence electrons. The standard InChI is InChI=1S/C17H16Br2N2O5S2/c18-10-6-9(15(25)11(19)8-10)7-12-16(26)21(17(27)28-12)5-3-13(22)20-4-1-2-14(23)24/h6-8,25H,1-5H2,(H,20,22)(H,23,24)/b12-7-. The molecule has 1 fully saturated rings. The fourth-order valence-electron chi connectivity index (χ4n) is 2.30. The van der Waals surface area contributed by atoms with Crippen LogP contribution in [0.2, 0.25) is 0 Å². The molecule has 1 aromatic carbocycles. The zero-order valence-electron chi connectivity index (χ0n) is 14.4. The average molecular weight is 552 g/mol. The molecule has 0 saturated carbocycles. The van der Waals surface area contributed by atoms with Gasteiger partial charge >= 0.3 is 5.97 Å².